The van der Waals surface area contributed by atoms with Crippen LogP contribution in [0.4, 0.5) is 0 Å². The molecule has 3 N–H and O–H groups in total. The molecular weight excluding hydrogens is 620 g/mol. The highest BCUT2D eigenvalue weighted by Gasteiger charge is 2.30. The number of carbonyl (C=O) groups excluding carboxylic acids is 2. The molecule has 0 aliphatic carbocycles. The average molecular weight is 659 g/mol. The minimum absolute atomic E-state index is 0.116. The number of halogens is 1. The molecule has 2 amide bonds. The van der Waals surface area contributed by atoms with Gasteiger partial charge < -0.3 is 20.2 Å². The number of carbonyl (C=O) groups is 2. The molecular formula is C34H39ClN6O4Si. The van der Waals surface area contributed by atoms with Crippen molar-refractivity contribution >= 4 is 42.6 Å². The first-order valence-corrected chi connectivity index (χ1v) is 18.8. The Hall–Kier alpha value is -4.32. The van der Waals surface area contributed by atoms with E-state index >= 15 is 0 Å². The van der Waals surface area contributed by atoms with Gasteiger partial charge in [-0.2, -0.15) is 0 Å². The number of aryl methyl sites for hydroxylation is 1. The molecule has 0 bridgehead atoms. The number of nitrogens with zero attached hydrogens (tertiary/aromatic N) is 4. The lowest BCUT2D eigenvalue weighted by molar-refractivity contribution is -0.121. The third-order valence-corrected chi connectivity index (χ3v) is 9.74. The van der Waals surface area contributed by atoms with Crippen LogP contribution in [0.5, 0.6) is 5.75 Å². The van der Waals surface area contributed by atoms with Crippen LogP contribution in [0.3, 0.4) is 0 Å². The van der Waals surface area contributed by atoms with E-state index in [0.717, 1.165) is 34.8 Å². The highest BCUT2D eigenvalue weighted by atomic mass is 35.5. The summed E-state index contributed by atoms with van der Waals surface area (Å²) in [4.78, 5) is 40.6. The molecule has 1 aliphatic rings. The smallest absolute Gasteiger partial charge is 0.251 e. The molecule has 2 heterocycles. The number of benzene rings is 3. The number of unbranched alkanes of at least 4 members (excludes halogenated alkanes) is 1. The second kappa shape index (κ2) is 14.4. The number of hydrogen-bond acceptors (Lipinski definition) is 7. The quantitative estimate of drug-likeness (QED) is 0.150. The van der Waals surface area contributed by atoms with Crippen molar-refractivity contribution in [3.63, 3.8) is 0 Å². The maximum absolute atomic E-state index is 12.7. The minimum Gasteiger partial charge on any atom is -0.494 e. The van der Waals surface area contributed by atoms with Crippen LogP contribution in [0.25, 0.3) is 5.69 Å². The zero-order valence-electron chi connectivity index (χ0n) is 26.5. The first-order chi connectivity index (χ1) is 22.0. The Labute approximate surface area is 275 Å². The monoisotopic (exact) mass is 658 g/mol. The summed E-state index contributed by atoms with van der Waals surface area (Å²) in [5.41, 5.74) is 3.80. The fourth-order valence-electron chi connectivity index (χ4n) is 5.34. The predicted octanol–water partition coefficient (Wildman–Crippen LogP) is 4.64. The zero-order valence-corrected chi connectivity index (χ0v) is 28.3. The van der Waals surface area contributed by atoms with Gasteiger partial charge in [-0.05, 0) is 87.4 Å². The second-order valence-corrected chi connectivity index (χ2v) is 15.9. The number of rotatable bonds is 12. The molecule has 0 unspecified atom stereocenters. The van der Waals surface area contributed by atoms with Crippen LogP contribution in [-0.4, -0.2) is 65.1 Å². The first-order valence-electron chi connectivity index (χ1n) is 15.5. The molecule has 0 saturated heterocycles. The van der Waals surface area contributed by atoms with Gasteiger partial charge in [-0.15, -0.1) is 10.2 Å². The lowest BCUT2D eigenvalue weighted by Gasteiger charge is -2.15. The van der Waals surface area contributed by atoms with Crippen molar-refractivity contribution in [2.45, 2.75) is 52.2 Å². The Morgan fingerprint density at radius 2 is 1.74 bits per heavy atom. The lowest BCUT2D eigenvalue weighted by Crippen LogP contribution is -2.41. The van der Waals surface area contributed by atoms with Crippen LogP contribution in [0.15, 0.2) is 71.7 Å². The number of nitrogens with one attached hydrogen (secondary N) is 2. The van der Waals surface area contributed by atoms with Crippen LogP contribution >= 0.6 is 11.6 Å². The van der Waals surface area contributed by atoms with Crippen molar-refractivity contribution < 1.29 is 19.1 Å². The first kappa shape index (κ1) is 33.1. The third kappa shape index (κ3) is 7.72. The van der Waals surface area contributed by atoms with E-state index in [9.17, 15) is 14.4 Å². The topological polar surface area (TPSA) is 131 Å². The van der Waals surface area contributed by atoms with Crippen molar-refractivity contribution in [3.8, 4) is 11.4 Å². The summed E-state index contributed by atoms with van der Waals surface area (Å²) in [6.07, 6.45) is 1.61. The molecule has 0 spiro atoms. The highest BCUT2D eigenvalue weighted by Crippen LogP contribution is 2.34. The van der Waals surface area contributed by atoms with E-state index in [2.05, 4.69) is 20.8 Å². The molecule has 4 aromatic rings. The zero-order chi connectivity index (χ0) is 32.8. The van der Waals surface area contributed by atoms with Gasteiger partial charge in [-0.3, -0.25) is 19.1 Å². The molecule has 0 radical (unpaired) electrons. The maximum atomic E-state index is 12.7. The number of aromatic nitrogens is 3. The number of fused-ring (bicyclic) bond motifs is 3. The van der Waals surface area contributed by atoms with Crippen molar-refractivity contribution in [2.75, 3.05) is 19.7 Å². The fourth-order valence-corrected chi connectivity index (χ4v) is 6.44. The number of amides is 2. The fraction of sp³-hybridized carbons (Fsp3) is 0.324. The summed E-state index contributed by atoms with van der Waals surface area (Å²) in [7, 11) is -2.40. The summed E-state index contributed by atoms with van der Waals surface area (Å²) < 4.78 is 8.12. The summed E-state index contributed by atoms with van der Waals surface area (Å²) in [5.74, 6) is 1.71. The Bertz CT molecular complexity index is 1730. The van der Waals surface area contributed by atoms with Gasteiger partial charge in [0.1, 0.15) is 17.6 Å². The standard InChI is InChI=1S/C34H39ClN6O4Si/c1-5-36-31(42)21-29-33-40-39-22(2)41(33)30-17-14-26(20-28(30)32(38-29)23-8-12-25(35)13-9-23)45-19-7-6-18-37-34(43)24-10-15-27(16-11-24)46(3,4)44/h8-17,20,29,44H,5-7,18-19,21H2,1-4H3,(H,36,42)(H,37,43)/t29-/m0/s1. The van der Waals surface area contributed by atoms with Crippen LogP contribution < -0.4 is 20.6 Å². The van der Waals surface area contributed by atoms with E-state index in [0.29, 0.717) is 53.4 Å². The highest BCUT2D eigenvalue weighted by molar-refractivity contribution is 6.83. The molecule has 240 valence electrons. The van der Waals surface area contributed by atoms with Crippen LogP contribution in [0.2, 0.25) is 18.1 Å². The van der Waals surface area contributed by atoms with Gasteiger partial charge in [0.25, 0.3) is 5.91 Å². The second-order valence-electron chi connectivity index (χ2n) is 11.7. The largest absolute Gasteiger partial charge is 0.494 e. The van der Waals surface area contributed by atoms with Gasteiger partial charge in [0.05, 0.1) is 24.4 Å². The number of hydrogen-bond donors (Lipinski definition) is 3. The Balaban J connectivity index is 1.29. The van der Waals surface area contributed by atoms with Crippen molar-refractivity contribution in [1.29, 1.82) is 0 Å². The van der Waals surface area contributed by atoms with E-state index in [-0.39, 0.29) is 18.2 Å². The van der Waals surface area contributed by atoms with E-state index < -0.39 is 14.4 Å². The SMILES string of the molecule is CCNC(=O)C[C@@H]1N=C(c2ccc(Cl)cc2)c2cc(OCCCCNC(=O)c3ccc([Si](C)(C)O)cc3)ccc2-n2c(C)nnc21. The van der Waals surface area contributed by atoms with Crippen molar-refractivity contribution in [2.24, 2.45) is 4.99 Å². The normalized spacial score (nSPS) is 14.0. The van der Waals surface area contributed by atoms with Gasteiger partial charge in [0.2, 0.25) is 14.2 Å². The van der Waals surface area contributed by atoms with E-state index in [4.69, 9.17) is 21.3 Å². The molecule has 10 nitrogen and oxygen atoms in total. The minimum atomic E-state index is -2.40. The van der Waals surface area contributed by atoms with Gasteiger partial charge in [-0.25, -0.2) is 0 Å². The van der Waals surface area contributed by atoms with Crippen molar-refractivity contribution in [3.05, 3.63) is 100 Å². The molecule has 0 saturated carbocycles. The summed E-state index contributed by atoms with van der Waals surface area (Å²) in [6, 6.07) is 19.9. The Morgan fingerprint density at radius 1 is 1.00 bits per heavy atom. The molecule has 46 heavy (non-hydrogen) atoms. The van der Waals surface area contributed by atoms with Gasteiger partial charge in [-0.1, -0.05) is 35.9 Å². The molecule has 1 aromatic heterocycles. The van der Waals surface area contributed by atoms with Crippen LogP contribution in [0.1, 0.15) is 65.4 Å². The molecule has 1 atom stereocenters. The molecule has 12 heteroatoms. The van der Waals surface area contributed by atoms with Crippen LogP contribution in [-0.2, 0) is 4.79 Å². The van der Waals surface area contributed by atoms with E-state index in [1.54, 1.807) is 12.1 Å². The molecule has 3 aromatic carbocycles. The average Bonchev–Trinajstić information content (AvgIpc) is 3.35. The summed E-state index contributed by atoms with van der Waals surface area (Å²) >= 11 is 6.21. The van der Waals surface area contributed by atoms with Gasteiger partial charge in [0, 0.05) is 34.8 Å². The van der Waals surface area contributed by atoms with Gasteiger partial charge >= 0.3 is 0 Å². The third-order valence-electron chi connectivity index (χ3n) is 7.75. The summed E-state index contributed by atoms with van der Waals surface area (Å²) in [6.45, 7) is 8.97. The Kier molecular flexibility index (Phi) is 10.3. The molecule has 0 fully saturated rings. The number of aliphatic imine (C=N–C) groups is 1. The predicted molar refractivity (Wildman–Crippen MR) is 182 cm³/mol. The van der Waals surface area contributed by atoms with Crippen LogP contribution in [0, 0.1) is 6.92 Å². The van der Waals surface area contributed by atoms with E-state index in [1.807, 2.05) is 86.1 Å². The molecule has 1 aliphatic heterocycles. The van der Waals surface area contributed by atoms with E-state index in [1.165, 1.54) is 0 Å². The van der Waals surface area contributed by atoms with Gasteiger partial charge in [0.15, 0.2) is 5.82 Å². The number of ether oxygens (including phenoxy) is 1. The summed E-state index contributed by atoms with van der Waals surface area (Å²) in [5, 5.41) is 16.1. The maximum Gasteiger partial charge on any atom is 0.251 e. The Morgan fingerprint density at radius 3 is 2.43 bits per heavy atom. The molecule has 5 rings (SSSR count). The lowest BCUT2D eigenvalue weighted by atomic mass is 10.00. The van der Waals surface area contributed by atoms with Crippen molar-refractivity contribution in [1.82, 2.24) is 25.4 Å².